The van der Waals surface area contributed by atoms with Crippen LogP contribution in [0.2, 0.25) is 0 Å². The molecule has 1 aromatic heterocycles. The highest BCUT2D eigenvalue weighted by molar-refractivity contribution is 5.66. The number of hydrogen-bond acceptors (Lipinski definition) is 6. The van der Waals surface area contributed by atoms with Crippen LogP contribution in [0.15, 0.2) is 71.3 Å². The Hall–Kier alpha value is -3.95. The quantitative estimate of drug-likeness (QED) is 0.378. The third-order valence-electron chi connectivity index (χ3n) is 5.75. The summed E-state index contributed by atoms with van der Waals surface area (Å²) < 4.78 is 11.1. The number of fused-ring (bicyclic) bond motifs is 1. The van der Waals surface area contributed by atoms with Crippen molar-refractivity contribution in [2.45, 2.75) is 45.8 Å². The normalized spacial score (nSPS) is 12.0. The molecule has 4 aromatic rings. The van der Waals surface area contributed by atoms with E-state index in [4.69, 9.17) is 9.26 Å². The minimum Gasteiger partial charge on any atom is -0.490 e. The first-order valence-electron chi connectivity index (χ1n) is 11.9. The Morgan fingerprint density at radius 2 is 1.89 bits per heavy atom. The molecule has 0 spiro atoms. The SMILES string of the molecule is CC(C)Oc1ccc(-c2nc(-c3cccc4c3CCC4)no2)cc1C#N.CNCc1ccccc1. The van der Waals surface area contributed by atoms with Crippen molar-refractivity contribution in [1.29, 1.82) is 5.26 Å². The zero-order valence-electron chi connectivity index (χ0n) is 20.4. The molecule has 6 nitrogen and oxygen atoms in total. The van der Waals surface area contributed by atoms with Gasteiger partial charge in [-0.1, -0.05) is 53.7 Å². The third-order valence-corrected chi connectivity index (χ3v) is 5.75. The Bertz CT molecular complexity index is 1310. The van der Waals surface area contributed by atoms with E-state index in [9.17, 15) is 5.26 Å². The van der Waals surface area contributed by atoms with Crippen LogP contribution in [0.1, 0.15) is 42.5 Å². The monoisotopic (exact) mass is 466 g/mol. The highest BCUT2D eigenvalue weighted by Gasteiger charge is 2.20. The number of rotatable bonds is 6. The number of benzene rings is 3. The van der Waals surface area contributed by atoms with E-state index < -0.39 is 0 Å². The summed E-state index contributed by atoms with van der Waals surface area (Å²) in [6.45, 7) is 4.82. The average molecular weight is 467 g/mol. The molecule has 1 aliphatic rings. The Kier molecular flexibility index (Phi) is 7.92. The number of nitrogens with one attached hydrogen (secondary N) is 1. The number of ether oxygens (including phenoxy) is 1. The zero-order valence-corrected chi connectivity index (χ0v) is 20.4. The summed E-state index contributed by atoms with van der Waals surface area (Å²) >= 11 is 0. The van der Waals surface area contributed by atoms with Gasteiger partial charge in [0.1, 0.15) is 11.8 Å². The number of aryl methyl sites for hydroxylation is 1. The molecule has 0 saturated carbocycles. The van der Waals surface area contributed by atoms with Gasteiger partial charge in [0.05, 0.1) is 11.7 Å². The summed E-state index contributed by atoms with van der Waals surface area (Å²) in [6.07, 6.45) is 3.33. The van der Waals surface area contributed by atoms with Crippen LogP contribution in [-0.4, -0.2) is 23.3 Å². The standard InChI is InChI=1S/C21H19N3O2.C8H11N/c1-13(2)25-19-10-9-15(11-16(19)12-22)21-23-20(24-26-21)18-8-4-6-14-5-3-7-17(14)18;1-9-7-8-5-3-2-4-6-8/h4,6,8-11,13H,3,5,7H2,1-2H3;2-6,9H,7H2,1H3. The predicted molar refractivity (Wildman–Crippen MR) is 137 cm³/mol. The summed E-state index contributed by atoms with van der Waals surface area (Å²) in [6, 6.07) is 24.1. The van der Waals surface area contributed by atoms with Crippen LogP contribution in [0, 0.1) is 11.3 Å². The molecule has 3 aromatic carbocycles. The lowest BCUT2D eigenvalue weighted by molar-refractivity contribution is 0.241. The fraction of sp³-hybridized carbons (Fsp3) is 0.276. The first kappa shape index (κ1) is 24.2. The lowest BCUT2D eigenvalue weighted by Crippen LogP contribution is -2.06. The first-order chi connectivity index (χ1) is 17.1. The lowest BCUT2D eigenvalue weighted by atomic mass is 10.0. The maximum atomic E-state index is 9.40. The van der Waals surface area contributed by atoms with E-state index in [0.29, 0.717) is 28.6 Å². The van der Waals surface area contributed by atoms with Crippen molar-refractivity contribution < 1.29 is 9.26 Å². The van der Waals surface area contributed by atoms with Gasteiger partial charge in [0, 0.05) is 17.7 Å². The van der Waals surface area contributed by atoms with Gasteiger partial charge >= 0.3 is 0 Å². The maximum absolute atomic E-state index is 9.40. The van der Waals surface area contributed by atoms with Crippen molar-refractivity contribution in [3.8, 4) is 34.7 Å². The average Bonchev–Trinajstić information content (AvgIpc) is 3.55. The molecule has 0 fully saturated rings. The van der Waals surface area contributed by atoms with E-state index >= 15 is 0 Å². The molecule has 35 heavy (non-hydrogen) atoms. The Morgan fingerprint density at radius 3 is 2.63 bits per heavy atom. The molecule has 0 amide bonds. The van der Waals surface area contributed by atoms with Crippen molar-refractivity contribution in [3.63, 3.8) is 0 Å². The number of hydrogen-bond donors (Lipinski definition) is 1. The molecule has 0 aliphatic heterocycles. The highest BCUT2D eigenvalue weighted by Crippen LogP contribution is 2.32. The molecule has 0 bridgehead atoms. The van der Waals surface area contributed by atoms with Crippen LogP contribution in [0.4, 0.5) is 0 Å². The van der Waals surface area contributed by atoms with E-state index in [0.717, 1.165) is 24.9 Å². The van der Waals surface area contributed by atoms with Crippen molar-refractivity contribution in [2.24, 2.45) is 0 Å². The van der Waals surface area contributed by atoms with Gasteiger partial charge in [0.15, 0.2) is 0 Å². The van der Waals surface area contributed by atoms with Gasteiger partial charge in [-0.3, -0.25) is 0 Å². The summed E-state index contributed by atoms with van der Waals surface area (Å²) in [5, 5.41) is 16.6. The Morgan fingerprint density at radius 1 is 1.06 bits per heavy atom. The minimum absolute atomic E-state index is 0.00290. The topological polar surface area (TPSA) is 84.0 Å². The second-order valence-corrected chi connectivity index (χ2v) is 8.73. The predicted octanol–water partition coefficient (Wildman–Crippen LogP) is 5.96. The smallest absolute Gasteiger partial charge is 0.258 e. The van der Waals surface area contributed by atoms with Gasteiger partial charge in [-0.15, -0.1) is 0 Å². The number of aromatic nitrogens is 2. The molecule has 0 saturated heterocycles. The molecular formula is C29H30N4O2. The second-order valence-electron chi connectivity index (χ2n) is 8.73. The molecule has 1 aliphatic carbocycles. The van der Waals surface area contributed by atoms with Crippen LogP contribution in [0.25, 0.3) is 22.8 Å². The van der Waals surface area contributed by atoms with Gasteiger partial charge in [-0.25, -0.2) is 0 Å². The molecule has 6 heteroatoms. The summed E-state index contributed by atoms with van der Waals surface area (Å²) in [7, 11) is 1.95. The first-order valence-corrected chi connectivity index (χ1v) is 11.9. The maximum Gasteiger partial charge on any atom is 0.258 e. The Balaban J connectivity index is 0.000000271. The van der Waals surface area contributed by atoms with Crippen LogP contribution < -0.4 is 10.1 Å². The summed E-state index contributed by atoms with van der Waals surface area (Å²) in [5.41, 5.74) is 6.23. The molecule has 1 N–H and O–H groups in total. The molecule has 178 valence electrons. The van der Waals surface area contributed by atoms with E-state index in [-0.39, 0.29) is 6.10 Å². The number of nitrogens with zero attached hydrogens (tertiary/aromatic N) is 3. The van der Waals surface area contributed by atoms with Crippen molar-refractivity contribution >= 4 is 0 Å². The largest absolute Gasteiger partial charge is 0.490 e. The van der Waals surface area contributed by atoms with Gasteiger partial charge < -0.3 is 14.6 Å². The molecule has 5 rings (SSSR count). The number of nitriles is 1. The van der Waals surface area contributed by atoms with E-state index in [2.05, 4.69) is 39.7 Å². The summed E-state index contributed by atoms with van der Waals surface area (Å²) in [4.78, 5) is 4.57. The van der Waals surface area contributed by atoms with Crippen LogP contribution in [0.3, 0.4) is 0 Å². The van der Waals surface area contributed by atoms with Gasteiger partial charge in [-0.2, -0.15) is 10.2 Å². The minimum atomic E-state index is 0.00290. The lowest BCUT2D eigenvalue weighted by Gasteiger charge is -2.11. The van der Waals surface area contributed by atoms with Crippen LogP contribution in [0.5, 0.6) is 5.75 Å². The Labute approximate surface area is 206 Å². The molecule has 0 atom stereocenters. The van der Waals surface area contributed by atoms with E-state index in [1.165, 1.54) is 23.1 Å². The highest BCUT2D eigenvalue weighted by atomic mass is 16.5. The molecular weight excluding hydrogens is 436 g/mol. The fourth-order valence-corrected chi connectivity index (χ4v) is 4.19. The van der Waals surface area contributed by atoms with E-state index in [1.807, 2.05) is 57.3 Å². The fourth-order valence-electron chi connectivity index (χ4n) is 4.19. The van der Waals surface area contributed by atoms with Crippen molar-refractivity contribution in [2.75, 3.05) is 7.05 Å². The molecule has 1 heterocycles. The van der Waals surface area contributed by atoms with Crippen molar-refractivity contribution in [3.05, 3.63) is 89.0 Å². The van der Waals surface area contributed by atoms with Gasteiger partial charge in [0.2, 0.25) is 5.82 Å². The van der Waals surface area contributed by atoms with Gasteiger partial charge in [-0.05, 0) is 75.0 Å². The van der Waals surface area contributed by atoms with Crippen LogP contribution in [-0.2, 0) is 19.4 Å². The summed E-state index contributed by atoms with van der Waals surface area (Å²) in [5.74, 6) is 1.56. The van der Waals surface area contributed by atoms with Crippen molar-refractivity contribution in [1.82, 2.24) is 15.5 Å². The van der Waals surface area contributed by atoms with E-state index in [1.54, 1.807) is 12.1 Å². The van der Waals surface area contributed by atoms with Gasteiger partial charge in [0.25, 0.3) is 5.89 Å². The third kappa shape index (κ3) is 5.95. The second kappa shape index (κ2) is 11.5. The zero-order chi connectivity index (χ0) is 24.6. The molecule has 0 radical (unpaired) electrons. The molecule has 0 unspecified atom stereocenters. The van der Waals surface area contributed by atoms with Crippen LogP contribution >= 0.6 is 0 Å².